The molecule has 0 unspecified atom stereocenters. The van der Waals surface area contributed by atoms with Crippen molar-refractivity contribution in [3.63, 3.8) is 0 Å². The average Bonchev–Trinajstić information content (AvgIpc) is 2.94. The molecular formula is C12H15BrN2O3. The standard InChI is InChI=1S/C12H15BrN2O3/c1-3-10(16)14-4-5-15(7-14)12(17)11-8(2)6-9(13)18-11/h6H,3-5,7H2,1-2H3. The summed E-state index contributed by atoms with van der Waals surface area (Å²) in [6.07, 6.45) is 0.466. The monoisotopic (exact) mass is 314 g/mol. The van der Waals surface area contributed by atoms with Crippen LogP contribution in [0.1, 0.15) is 29.5 Å². The number of amides is 2. The molecule has 1 aliphatic rings. The molecule has 1 saturated heterocycles. The van der Waals surface area contributed by atoms with Crippen LogP contribution in [-0.2, 0) is 4.79 Å². The second-order valence-electron chi connectivity index (χ2n) is 4.28. The quantitative estimate of drug-likeness (QED) is 0.839. The van der Waals surface area contributed by atoms with Gasteiger partial charge >= 0.3 is 0 Å². The first-order chi connectivity index (χ1) is 8.52. The van der Waals surface area contributed by atoms with Gasteiger partial charge in [0.1, 0.15) is 0 Å². The van der Waals surface area contributed by atoms with Crippen LogP contribution in [0, 0.1) is 6.92 Å². The highest BCUT2D eigenvalue weighted by molar-refractivity contribution is 9.10. The van der Waals surface area contributed by atoms with Gasteiger partial charge in [-0.05, 0) is 28.9 Å². The minimum atomic E-state index is -0.162. The minimum absolute atomic E-state index is 0.0719. The SMILES string of the molecule is CCC(=O)N1CCN(C(=O)c2oc(Br)cc2C)C1. The molecule has 0 bridgehead atoms. The Labute approximate surface area is 114 Å². The van der Waals surface area contributed by atoms with E-state index in [0.29, 0.717) is 36.6 Å². The molecule has 2 amide bonds. The first-order valence-electron chi connectivity index (χ1n) is 5.86. The van der Waals surface area contributed by atoms with Crippen molar-refractivity contribution < 1.29 is 14.0 Å². The van der Waals surface area contributed by atoms with Gasteiger partial charge in [0.2, 0.25) is 5.91 Å². The molecule has 2 rings (SSSR count). The number of nitrogens with zero attached hydrogens (tertiary/aromatic N) is 2. The average molecular weight is 315 g/mol. The van der Waals surface area contributed by atoms with Gasteiger partial charge in [0.15, 0.2) is 10.4 Å². The van der Waals surface area contributed by atoms with E-state index in [1.165, 1.54) is 0 Å². The summed E-state index contributed by atoms with van der Waals surface area (Å²) in [4.78, 5) is 27.1. The van der Waals surface area contributed by atoms with Crippen LogP contribution >= 0.6 is 15.9 Å². The predicted molar refractivity (Wildman–Crippen MR) is 69.1 cm³/mol. The minimum Gasteiger partial charge on any atom is -0.444 e. The Hall–Kier alpha value is -1.30. The number of rotatable bonds is 2. The Balaban J connectivity index is 2.08. The molecule has 6 heteroatoms. The van der Waals surface area contributed by atoms with Crippen LogP contribution in [0.2, 0.25) is 0 Å². The number of hydrogen-bond donors (Lipinski definition) is 0. The van der Waals surface area contributed by atoms with Gasteiger partial charge in [-0.1, -0.05) is 6.92 Å². The van der Waals surface area contributed by atoms with Crippen LogP contribution in [0.15, 0.2) is 15.2 Å². The van der Waals surface area contributed by atoms with E-state index < -0.39 is 0 Å². The van der Waals surface area contributed by atoms with Gasteiger partial charge in [-0.3, -0.25) is 9.59 Å². The molecule has 18 heavy (non-hydrogen) atoms. The van der Waals surface area contributed by atoms with Crippen molar-refractivity contribution >= 4 is 27.7 Å². The second kappa shape index (κ2) is 5.14. The fourth-order valence-electron chi connectivity index (χ4n) is 1.98. The van der Waals surface area contributed by atoms with E-state index in [-0.39, 0.29) is 11.8 Å². The summed E-state index contributed by atoms with van der Waals surface area (Å²) in [5, 5.41) is 0. The lowest BCUT2D eigenvalue weighted by Crippen LogP contribution is -2.33. The van der Waals surface area contributed by atoms with Crippen molar-refractivity contribution in [3.8, 4) is 0 Å². The maximum atomic E-state index is 12.2. The highest BCUT2D eigenvalue weighted by Gasteiger charge is 2.29. The molecule has 1 fully saturated rings. The van der Waals surface area contributed by atoms with Gasteiger partial charge in [0, 0.05) is 25.1 Å². The molecule has 0 saturated carbocycles. The molecule has 1 aromatic heterocycles. The Morgan fingerprint density at radius 3 is 2.61 bits per heavy atom. The van der Waals surface area contributed by atoms with Crippen LogP contribution in [0.4, 0.5) is 0 Å². The van der Waals surface area contributed by atoms with E-state index in [4.69, 9.17) is 4.42 Å². The highest BCUT2D eigenvalue weighted by Crippen LogP contribution is 2.22. The van der Waals surface area contributed by atoms with Crippen molar-refractivity contribution in [2.24, 2.45) is 0 Å². The van der Waals surface area contributed by atoms with Crippen LogP contribution in [0.5, 0.6) is 0 Å². The fraction of sp³-hybridized carbons (Fsp3) is 0.500. The zero-order chi connectivity index (χ0) is 13.3. The summed E-state index contributed by atoms with van der Waals surface area (Å²) in [5.74, 6) is 0.250. The lowest BCUT2D eigenvalue weighted by molar-refractivity contribution is -0.130. The van der Waals surface area contributed by atoms with Crippen molar-refractivity contribution in [3.05, 3.63) is 22.1 Å². The molecule has 0 spiro atoms. The third kappa shape index (κ3) is 2.43. The first kappa shape index (κ1) is 13.1. The van der Waals surface area contributed by atoms with Crippen LogP contribution in [0.3, 0.4) is 0 Å². The Morgan fingerprint density at radius 1 is 1.39 bits per heavy atom. The molecule has 0 atom stereocenters. The largest absolute Gasteiger partial charge is 0.444 e. The summed E-state index contributed by atoms with van der Waals surface area (Å²) >= 11 is 3.20. The number of carbonyl (C=O) groups excluding carboxylic acids is 2. The maximum absolute atomic E-state index is 12.2. The maximum Gasteiger partial charge on any atom is 0.291 e. The zero-order valence-corrected chi connectivity index (χ0v) is 12.0. The van der Waals surface area contributed by atoms with E-state index in [0.717, 1.165) is 5.56 Å². The summed E-state index contributed by atoms with van der Waals surface area (Å²) in [5.41, 5.74) is 0.798. The molecule has 5 nitrogen and oxygen atoms in total. The Bertz CT molecular complexity index is 484. The molecule has 0 radical (unpaired) electrons. The normalized spacial score (nSPS) is 15.3. The molecule has 2 heterocycles. The van der Waals surface area contributed by atoms with Gasteiger partial charge in [-0.25, -0.2) is 0 Å². The van der Waals surface area contributed by atoms with E-state index in [1.54, 1.807) is 15.9 Å². The van der Waals surface area contributed by atoms with Gasteiger partial charge in [0.05, 0.1) is 6.67 Å². The van der Waals surface area contributed by atoms with Gasteiger partial charge in [0.25, 0.3) is 5.91 Å². The smallest absolute Gasteiger partial charge is 0.291 e. The summed E-state index contributed by atoms with van der Waals surface area (Å²) in [6, 6.07) is 1.76. The van der Waals surface area contributed by atoms with Crippen molar-refractivity contribution in [2.75, 3.05) is 19.8 Å². The lowest BCUT2D eigenvalue weighted by Gasteiger charge is -2.17. The van der Waals surface area contributed by atoms with Crippen molar-refractivity contribution in [2.45, 2.75) is 20.3 Å². The molecular weight excluding hydrogens is 300 g/mol. The van der Waals surface area contributed by atoms with Crippen LogP contribution in [0.25, 0.3) is 0 Å². The number of carbonyl (C=O) groups is 2. The van der Waals surface area contributed by atoms with Crippen molar-refractivity contribution in [1.29, 1.82) is 0 Å². The summed E-state index contributed by atoms with van der Waals surface area (Å²) in [7, 11) is 0. The van der Waals surface area contributed by atoms with E-state index in [1.807, 2.05) is 13.8 Å². The third-order valence-electron chi connectivity index (χ3n) is 3.01. The zero-order valence-electron chi connectivity index (χ0n) is 10.4. The van der Waals surface area contributed by atoms with E-state index in [2.05, 4.69) is 15.9 Å². The Kier molecular flexibility index (Phi) is 3.75. The van der Waals surface area contributed by atoms with E-state index >= 15 is 0 Å². The topological polar surface area (TPSA) is 53.8 Å². The summed E-state index contributed by atoms with van der Waals surface area (Å²) < 4.78 is 5.88. The van der Waals surface area contributed by atoms with Crippen LogP contribution in [-0.4, -0.2) is 41.4 Å². The molecule has 1 aromatic rings. The van der Waals surface area contributed by atoms with Gasteiger partial charge in [-0.2, -0.15) is 0 Å². The second-order valence-corrected chi connectivity index (χ2v) is 5.06. The molecule has 0 aliphatic carbocycles. The number of aryl methyl sites for hydroxylation is 1. The van der Waals surface area contributed by atoms with Crippen LogP contribution < -0.4 is 0 Å². The van der Waals surface area contributed by atoms with E-state index in [9.17, 15) is 9.59 Å². The molecule has 98 valence electrons. The number of hydrogen-bond acceptors (Lipinski definition) is 3. The first-order valence-corrected chi connectivity index (χ1v) is 6.65. The molecule has 0 aromatic carbocycles. The predicted octanol–water partition coefficient (Wildman–Crippen LogP) is 2.00. The fourth-order valence-corrected chi connectivity index (χ4v) is 2.49. The number of halogens is 1. The van der Waals surface area contributed by atoms with Gasteiger partial charge in [-0.15, -0.1) is 0 Å². The molecule has 0 N–H and O–H groups in total. The molecule has 1 aliphatic heterocycles. The highest BCUT2D eigenvalue weighted by atomic mass is 79.9. The van der Waals surface area contributed by atoms with Crippen molar-refractivity contribution in [1.82, 2.24) is 9.80 Å². The lowest BCUT2D eigenvalue weighted by atomic mass is 10.2. The Morgan fingerprint density at radius 2 is 2.06 bits per heavy atom. The number of furan rings is 1. The van der Waals surface area contributed by atoms with Gasteiger partial charge < -0.3 is 14.2 Å². The summed E-state index contributed by atoms with van der Waals surface area (Å²) in [6.45, 7) is 5.15. The third-order valence-corrected chi connectivity index (χ3v) is 3.40.